The maximum absolute atomic E-state index is 9.18. The van der Waals surface area contributed by atoms with Gasteiger partial charge in [-0.1, -0.05) is 19.9 Å². The van der Waals surface area contributed by atoms with Crippen LogP contribution < -0.4 is 5.73 Å². The van der Waals surface area contributed by atoms with E-state index in [-0.39, 0.29) is 5.41 Å². The Morgan fingerprint density at radius 2 is 2.11 bits per heavy atom. The summed E-state index contributed by atoms with van der Waals surface area (Å²) in [5.41, 5.74) is 8.81. The summed E-state index contributed by atoms with van der Waals surface area (Å²) in [5, 5.41) is 11.3. The van der Waals surface area contributed by atoms with Crippen molar-refractivity contribution in [1.82, 2.24) is 4.57 Å². The van der Waals surface area contributed by atoms with Crippen LogP contribution in [-0.4, -0.2) is 4.57 Å². The zero-order valence-corrected chi connectivity index (χ0v) is 12.6. The fraction of sp³-hybridized carbons (Fsp3) is 0.400. The van der Waals surface area contributed by atoms with E-state index in [1.54, 1.807) is 11.3 Å². The number of nitrogen functional groups attached to an aromatic ring is 1. The van der Waals surface area contributed by atoms with Crippen LogP contribution in [-0.2, 0) is 12.0 Å². The van der Waals surface area contributed by atoms with Crippen molar-refractivity contribution in [2.24, 2.45) is 0 Å². The summed E-state index contributed by atoms with van der Waals surface area (Å²) < 4.78 is 2.06. The van der Waals surface area contributed by atoms with Gasteiger partial charge < -0.3 is 10.3 Å². The summed E-state index contributed by atoms with van der Waals surface area (Å²) in [5.74, 6) is 0.585. The Morgan fingerprint density at radius 3 is 2.58 bits per heavy atom. The van der Waals surface area contributed by atoms with E-state index in [9.17, 15) is 5.26 Å². The molecule has 0 radical (unpaired) electrons. The van der Waals surface area contributed by atoms with Crippen molar-refractivity contribution in [3.05, 3.63) is 39.2 Å². The molecular weight excluding hydrogens is 254 g/mol. The Bertz CT molecular complexity index is 627. The Balaban J connectivity index is 2.43. The standard InChI is InChI=1S/C15H19N3S/c1-10-11(2)18(14(17)12(10)8-16)9-15(3,4)13-6-5-7-19-13/h5-7H,9,17H2,1-4H3. The summed E-state index contributed by atoms with van der Waals surface area (Å²) in [7, 11) is 0. The molecule has 0 aliphatic carbocycles. The Labute approximate surface area is 118 Å². The van der Waals surface area contributed by atoms with Crippen LogP contribution in [0.4, 0.5) is 5.82 Å². The first-order chi connectivity index (χ1) is 8.88. The number of nitriles is 1. The van der Waals surface area contributed by atoms with Gasteiger partial charge in [0.15, 0.2) is 0 Å². The highest BCUT2D eigenvalue weighted by Crippen LogP contribution is 2.32. The smallest absolute Gasteiger partial charge is 0.122 e. The molecule has 0 aliphatic rings. The number of hydrogen-bond acceptors (Lipinski definition) is 3. The molecule has 3 nitrogen and oxygen atoms in total. The minimum atomic E-state index is 0.00519. The maximum atomic E-state index is 9.18. The van der Waals surface area contributed by atoms with Gasteiger partial charge in [0.1, 0.15) is 11.9 Å². The summed E-state index contributed by atoms with van der Waals surface area (Å²) >= 11 is 1.76. The van der Waals surface area contributed by atoms with Crippen molar-refractivity contribution in [2.75, 3.05) is 5.73 Å². The quantitative estimate of drug-likeness (QED) is 0.929. The largest absolute Gasteiger partial charge is 0.384 e. The van der Waals surface area contributed by atoms with Gasteiger partial charge in [0.25, 0.3) is 0 Å². The van der Waals surface area contributed by atoms with Crippen molar-refractivity contribution in [3.63, 3.8) is 0 Å². The molecule has 0 aliphatic heterocycles. The number of rotatable bonds is 3. The molecule has 0 fully saturated rings. The maximum Gasteiger partial charge on any atom is 0.122 e. The predicted octanol–water partition coefficient (Wildman–Crippen LogP) is 3.60. The monoisotopic (exact) mass is 273 g/mol. The lowest BCUT2D eigenvalue weighted by molar-refractivity contribution is 0.442. The van der Waals surface area contributed by atoms with Gasteiger partial charge >= 0.3 is 0 Å². The molecule has 0 saturated carbocycles. The number of anilines is 1. The van der Waals surface area contributed by atoms with Crippen LogP contribution in [0, 0.1) is 25.2 Å². The topological polar surface area (TPSA) is 54.7 Å². The van der Waals surface area contributed by atoms with Crippen molar-refractivity contribution >= 4 is 17.2 Å². The lowest BCUT2D eigenvalue weighted by Crippen LogP contribution is -2.24. The molecule has 2 aromatic heterocycles. The van der Waals surface area contributed by atoms with Crippen LogP contribution in [0.5, 0.6) is 0 Å². The van der Waals surface area contributed by atoms with Gasteiger partial charge in [0, 0.05) is 22.5 Å². The molecule has 0 bridgehead atoms. The summed E-state index contributed by atoms with van der Waals surface area (Å²) in [6.45, 7) is 9.18. The first-order valence-corrected chi connectivity index (χ1v) is 7.15. The molecule has 19 heavy (non-hydrogen) atoms. The van der Waals surface area contributed by atoms with E-state index >= 15 is 0 Å². The second kappa shape index (κ2) is 4.75. The van der Waals surface area contributed by atoms with Gasteiger partial charge in [-0.05, 0) is 30.9 Å². The average molecular weight is 273 g/mol. The van der Waals surface area contributed by atoms with Crippen molar-refractivity contribution in [3.8, 4) is 6.07 Å². The molecule has 0 amide bonds. The van der Waals surface area contributed by atoms with Crippen LogP contribution in [0.2, 0.25) is 0 Å². The van der Waals surface area contributed by atoms with E-state index in [2.05, 4.69) is 42.0 Å². The normalized spacial score (nSPS) is 11.5. The Hall–Kier alpha value is -1.73. The molecule has 0 saturated heterocycles. The van der Waals surface area contributed by atoms with E-state index in [1.807, 2.05) is 13.8 Å². The van der Waals surface area contributed by atoms with Gasteiger partial charge in [-0.15, -0.1) is 11.3 Å². The van der Waals surface area contributed by atoms with Crippen molar-refractivity contribution < 1.29 is 0 Å². The van der Waals surface area contributed by atoms with Crippen LogP contribution in [0.1, 0.15) is 35.5 Å². The SMILES string of the molecule is Cc1c(C#N)c(N)n(CC(C)(C)c2cccs2)c1C. The van der Waals surface area contributed by atoms with Crippen molar-refractivity contribution in [2.45, 2.75) is 39.7 Å². The highest BCUT2D eigenvalue weighted by atomic mass is 32.1. The summed E-state index contributed by atoms with van der Waals surface area (Å²) in [6.07, 6.45) is 0. The highest BCUT2D eigenvalue weighted by Gasteiger charge is 2.25. The number of nitrogens with two attached hydrogens (primary N) is 1. The zero-order chi connectivity index (χ0) is 14.2. The first-order valence-electron chi connectivity index (χ1n) is 6.27. The van der Waals surface area contributed by atoms with Crippen LogP contribution in [0.3, 0.4) is 0 Å². The molecule has 0 unspecified atom stereocenters. The minimum Gasteiger partial charge on any atom is -0.384 e. The molecule has 4 heteroatoms. The third-order valence-electron chi connectivity index (χ3n) is 3.72. The molecule has 0 atom stereocenters. The predicted molar refractivity (Wildman–Crippen MR) is 80.4 cm³/mol. The number of thiophene rings is 1. The summed E-state index contributed by atoms with van der Waals surface area (Å²) in [4.78, 5) is 1.33. The van der Waals surface area contributed by atoms with Crippen LogP contribution in [0.25, 0.3) is 0 Å². The number of aromatic nitrogens is 1. The third kappa shape index (κ3) is 2.26. The van der Waals surface area contributed by atoms with Crippen LogP contribution >= 0.6 is 11.3 Å². The van der Waals surface area contributed by atoms with Crippen molar-refractivity contribution in [1.29, 1.82) is 5.26 Å². The fourth-order valence-electron chi connectivity index (χ4n) is 2.37. The second-order valence-electron chi connectivity index (χ2n) is 5.53. The highest BCUT2D eigenvalue weighted by molar-refractivity contribution is 7.10. The number of hydrogen-bond donors (Lipinski definition) is 1. The van der Waals surface area contributed by atoms with Gasteiger partial charge in [-0.25, -0.2) is 0 Å². The zero-order valence-electron chi connectivity index (χ0n) is 11.8. The lowest BCUT2D eigenvalue weighted by atomic mass is 9.91. The molecule has 2 rings (SSSR count). The third-order valence-corrected chi connectivity index (χ3v) is 4.96. The Morgan fingerprint density at radius 1 is 1.42 bits per heavy atom. The number of nitrogens with zero attached hydrogens (tertiary/aromatic N) is 2. The fourth-order valence-corrected chi connectivity index (χ4v) is 3.22. The molecule has 2 aromatic rings. The van der Waals surface area contributed by atoms with E-state index in [0.29, 0.717) is 11.4 Å². The molecule has 0 aromatic carbocycles. The van der Waals surface area contributed by atoms with E-state index < -0.39 is 0 Å². The van der Waals surface area contributed by atoms with Gasteiger partial charge in [0.2, 0.25) is 0 Å². The molecule has 2 heterocycles. The van der Waals surface area contributed by atoms with Gasteiger partial charge in [-0.3, -0.25) is 0 Å². The first kappa shape index (κ1) is 13.7. The average Bonchev–Trinajstić information content (AvgIpc) is 2.95. The molecule has 0 spiro atoms. The second-order valence-corrected chi connectivity index (χ2v) is 6.48. The molecular formula is C15H19N3S. The van der Waals surface area contributed by atoms with E-state index in [4.69, 9.17) is 5.73 Å². The van der Waals surface area contributed by atoms with E-state index in [1.165, 1.54) is 4.88 Å². The summed E-state index contributed by atoms with van der Waals surface area (Å²) in [6, 6.07) is 6.42. The van der Waals surface area contributed by atoms with Gasteiger partial charge in [-0.2, -0.15) is 5.26 Å². The minimum absolute atomic E-state index is 0.00519. The lowest BCUT2D eigenvalue weighted by Gasteiger charge is -2.25. The Kier molecular flexibility index (Phi) is 3.42. The molecule has 2 N–H and O–H groups in total. The van der Waals surface area contributed by atoms with E-state index in [0.717, 1.165) is 17.8 Å². The molecule has 100 valence electrons. The van der Waals surface area contributed by atoms with Gasteiger partial charge in [0.05, 0.1) is 5.56 Å². The van der Waals surface area contributed by atoms with Crippen LogP contribution in [0.15, 0.2) is 17.5 Å².